The van der Waals surface area contributed by atoms with Crippen molar-refractivity contribution in [3.63, 3.8) is 0 Å². The normalized spacial score (nSPS) is 16.1. The molecule has 1 heterocycles. The number of nitrogens with zero attached hydrogens (tertiary/aromatic N) is 1. The van der Waals surface area contributed by atoms with Crippen molar-refractivity contribution in [3.05, 3.63) is 29.3 Å². The summed E-state index contributed by atoms with van der Waals surface area (Å²) in [6.07, 6.45) is 0. The molecule has 20 heavy (non-hydrogen) atoms. The second kappa shape index (κ2) is 5.83. The molecule has 0 atom stereocenters. The Hall–Kier alpha value is -1.55. The molecule has 1 aromatic rings. The van der Waals surface area contributed by atoms with Gasteiger partial charge in [0.25, 0.3) is 5.91 Å². The molecule has 1 aliphatic heterocycles. The molecule has 0 spiro atoms. The molecule has 0 radical (unpaired) electrons. The van der Waals surface area contributed by atoms with E-state index in [0.29, 0.717) is 37.6 Å². The van der Waals surface area contributed by atoms with Crippen molar-refractivity contribution in [2.24, 2.45) is 0 Å². The Morgan fingerprint density at radius 2 is 1.90 bits per heavy atom. The molecule has 0 aromatic heterocycles. The van der Waals surface area contributed by atoms with E-state index in [0.717, 1.165) is 5.56 Å². The van der Waals surface area contributed by atoms with E-state index in [1.54, 1.807) is 7.11 Å². The number of carbonyl (C=O) groups is 1. The smallest absolute Gasteiger partial charge is 0.257 e. The lowest BCUT2D eigenvalue weighted by atomic mass is 9.86. The van der Waals surface area contributed by atoms with E-state index >= 15 is 0 Å². The maximum atomic E-state index is 12.5. The van der Waals surface area contributed by atoms with E-state index in [4.69, 9.17) is 9.47 Å². The summed E-state index contributed by atoms with van der Waals surface area (Å²) in [5.74, 6) is 0.666. The first kappa shape index (κ1) is 14.9. The number of benzene rings is 1. The number of amides is 1. The van der Waals surface area contributed by atoms with Gasteiger partial charge in [0.1, 0.15) is 5.75 Å². The fourth-order valence-electron chi connectivity index (χ4n) is 2.27. The van der Waals surface area contributed by atoms with Gasteiger partial charge in [-0.05, 0) is 23.1 Å². The summed E-state index contributed by atoms with van der Waals surface area (Å²) in [5, 5.41) is 0. The summed E-state index contributed by atoms with van der Waals surface area (Å²) in [4.78, 5) is 14.3. The van der Waals surface area contributed by atoms with Crippen molar-refractivity contribution in [2.45, 2.75) is 26.2 Å². The number of hydrogen-bond donors (Lipinski definition) is 0. The maximum Gasteiger partial charge on any atom is 0.257 e. The molecular weight excluding hydrogens is 254 g/mol. The molecule has 0 saturated carbocycles. The lowest BCUT2D eigenvalue weighted by molar-refractivity contribution is 0.0301. The van der Waals surface area contributed by atoms with E-state index < -0.39 is 0 Å². The first-order valence-electron chi connectivity index (χ1n) is 6.99. The van der Waals surface area contributed by atoms with Crippen molar-refractivity contribution >= 4 is 5.91 Å². The van der Waals surface area contributed by atoms with Crippen LogP contribution in [-0.2, 0) is 10.2 Å². The van der Waals surface area contributed by atoms with E-state index in [9.17, 15) is 4.79 Å². The minimum atomic E-state index is 0.0191. The Morgan fingerprint density at radius 3 is 2.45 bits per heavy atom. The minimum absolute atomic E-state index is 0.0191. The van der Waals surface area contributed by atoms with Gasteiger partial charge >= 0.3 is 0 Å². The molecular formula is C16H23NO3. The van der Waals surface area contributed by atoms with Gasteiger partial charge in [0.2, 0.25) is 0 Å². The Balaban J connectivity index is 2.29. The van der Waals surface area contributed by atoms with Crippen LogP contribution < -0.4 is 4.74 Å². The molecule has 2 rings (SSSR count). The molecule has 110 valence electrons. The predicted molar refractivity (Wildman–Crippen MR) is 78.4 cm³/mol. The third kappa shape index (κ3) is 3.12. The average Bonchev–Trinajstić information content (AvgIpc) is 2.45. The second-order valence-corrected chi connectivity index (χ2v) is 6.07. The fourth-order valence-corrected chi connectivity index (χ4v) is 2.27. The molecule has 1 aromatic carbocycles. The summed E-state index contributed by atoms with van der Waals surface area (Å²) in [5.41, 5.74) is 1.82. The number of rotatable bonds is 2. The lowest BCUT2D eigenvalue weighted by Gasteiger charge is -2.28. The summed E-state index contributed by atoms with van der Waals surface area (Å²) < 4.78 is 10.7. The summed E-state index contributed by atoms with van der Waals surface area (Å²) in [6.45, 7) is 8.93. The SMILES string of the molecule is COc1cc(C(C)(C)C)ccc1C(=O)N1CCOCC1. The molecule has 4 heteroatoms. The van der Waals surface area contributed by atoms with Crippen LogP contribution in [0.5, 0.6) is 5.75 Å². The van der Waals surface area contributed by atoms with Crippen molar-refractivity contribution < 1.29 is 14.3 Å². The van der Waals surface area contributed by atoms with E-state index in [2.05, 4.69) is 20.8 Å². The molecule has 1 amide bonds. The van der Waals surface area contributed by atoms with Crippen LogP contribution in [0.15, 0.2) is 18.2 Å². The Labute approximate surface area is 120 Å². The molecule has 4 nitrogen and oxygen atoms in total. The Morgan fingerprint density at radius 1 is 1.25 bits per heavy atom. The van der Waals surface area contributed by atoms with Crippen LogP contribution in [-0.4, -0.2) is 44.2 Å². The van der Waals surface area contributed by atoms with Gasteiger partial charge in [-0.2, -0.15) is 0 Å². The zero-order valence-electron chi connectivity index (χ0n) is 12.7. The van der Waals surface area contributed by atoms with E-state index in [-0.39, 0.29) is 11.3 Å². The molecule has 1 fully saturated rings. The van der Waals surface area contributed by atoms with Crippen molar-refractivity contribution in [2.75, 3.05) is 33.4 Å². The monoisotopic (exact) mass is 277 g/mol. The third-order valence-corrected chi connectivity index (χ3v) is 3.60. The zero-order valence-corrected chi connectivity index (χ0v) is 12.7. The molecule has 0 bridgehead atoms. The predicted octanol–water partition coefficient (Wildman–Crippen LogP) is 2.47. The first-order chi connectivity index (χ1) is 9.43. The number of methoxy groups -OCH3 is 1. The van der Waals surface area contributed by atoms with Crippen LogP contribution in [0.3, 0.4) is 0 Å². The third-order valence-electron chi connectivity index (χ3n) is 3.60. The Bertz CT molecular complexity index is 485. The standard InChI is InChI=1S/C16H23NO3/c1-16(2,3)12-5-6-13(14(11-12)19-4)15(18)17-7-9-20-10-8-17/h5-6,11H,7-10H2,1-4H3. The van der Waals surface area contributed by atoms with Gasteiger partial charge in [-0.15, -0.1) is 0 Å². The highest BCUT2D eigenvalue weighted by Crippen LogP contribution is 2.29. The van der Waals surface area contributed by atoms with Crippen molar-refractivity contribution in [1.29, 1.82) is 0 Å². The number of hydrogen-bond acceptors (Lipinski definition) is 3. The lowest BCUT2D eigenvalue weighted by Crippen LogP contribution is -2.40. The minimum Gasteiger partial charge on any atom is -0.496 e. The molecule has 0 unspecified atom stereocenters. The highest BCUT2D eigenvalue weighted by atomic mass is 16.5. The molecule has 0 N–H and O–H groups in total. The van der Waals surface area contributed by atoms with Gasteiger partial charge in [0, 0.05) is 13.1 Å². The van der Waals surface area contributed by atoms with Gasteiger partial charge in [0.05, 0.1) is 25.9 Å². The second-order valence-electron chi connectivity index (χ2n) is 6.07. The van der Waals surface area contributed by atoms with Crippen LogP contribution in [0.4, 0.5) is 0 Å². The highest BCUT2D eigenvalue weighted by Gasteiger charge is 2.23. The molecule has 1 aliphatic rings. The van der Waals surface area contributed by atoms with Crippen LogP contribution in [0, 0.1) is 0 Å². The van der Waals surface area contributed by atoms with E-state index in [1.165, 1.54) is 0 Å². The van der Waals surface area contributed by atoms with Crippen LogP contribution in [0.1, 0.15) is 36.7 Å². The van der Waals surface area contributed by atoms with Crippen LogP contribution in [0.2, 0.25) is 0 Å². The van der Waals surface area contributed by atoms with Gasteiger partial charge in [-0.1, -0.05) is 26.8 Å². The van der Waals surface area contributed by atoms with Crippen molar-refractivity contribution in [3.8, 4) is 5.75 Å². The average molecular weight is 277 g/mol. The Kier molecular flexibility index (Phi) is 4.33. The summed E-state index contributed by atoms with van der Waals surface area (Å²) in [6, 6.07) is 5.85. The quantitative estimate of drug-likeness (QED) is 0.833. The fraction of sp³-hybridized carbons (Fsp3) is 0.562. The topological polar surface area (TPSA) is 38.8 Å². The zero-order chi connectivity index (χ0) is 14.8. The number of carbonyl (C=O) groups excluding carboxylic acids is 1. The van der Waals surface area contributed by atoms with Gasteiger partial charge < -0.3 is 14.4 Å². The molecule has 0 aliphatic carbocycles. The highest BCUT2D eigenvalue weighted by molar-refractivity contribution is 5.97. The van der Waals surface area contributed by atoms with E-state index in [1.807, 2.05) is 23.1 Å². The molecule has 1 saturated heterocycles. The van der Waals surface area contributed by atoms with Gasteiger partial charge in [-0.25, -0.2) is 0 Å². The summed E-state index contributed by atoms with van der Waals surface area (Å²) in [7, 11) is 1.61. The number of morpholine rings is 1. The van der Waals surface area contributed by atoms with Gasteiger partial charge in [0.15, 0.2) is 0 Å². The number of ether oxygens (including phenoxy) is 2. The first-order valence-corrected chi connectivity index (χ1v) is 6.99. The largest absolute Gasteiger partial charge is 0.496 e. The summed E-state index contributed by atoms with van der Waals surface area (Å²) >= 11 is 0. The van der Waals surface area contributed by atoms with Gasteiger partial charge in [-0.3, -0.25) is 4.79 Å². The van der Waals surface area contributed by atoms with Crippen molar-refractivity contribution in [1.82, 2.24) is 4.90 Å². The van der Waals surface area contributed by atoms with Crippen LogP contribution >= 0.6 is 0 Å². The van der Waals surface area contributed by atoms with Crippen LogP contribution in [0.25, 0.3) is 0 Å². The maximum absolute atomic E-state index is 12.5.